The molecule has 2 heterocycles. The van der Waals surface area contributed by atoms with E-state index in [9.17, 15) is 19.8 Å². The lowest BCUT2D eigenvalue weighted by Crippen LogP contribution is -2.29. The Hall–Kier alpha value is -3.20. The van der Waals surface area contributed by atoms with Crippen molar-refractivity contribution in [3.05, 3.63) is 45.5 Å². The van der Waals surface area contributed by atoms with E-state index in [0.717, 1.165) is 25.9 Å². The van der Waals surface area contributed by atoms with Gasteiger partial charge in [0.05, 0.1) is 40.2 Å². The Morgan fingerprint density at radius 3 is 2.22 bits per heavy atom. The number of likely N-dealkylation sites (tertiary alicyclic amines) is 1. The standard InChI is InChI=1S/C23H29NO8/c1-29-18-9-14(10-19(30-2)22(18)28)16(12-20(26)31-3)23-21(27)17(25)11-15(32-23)13-24-7-5-4-6-8-24/h9-11,16,27-28H,4-8,12-13H2,1-3H3. The average Bonchev–Trinajstić information content (AvgIpc) is 2.80. The van der Waals surface area contributed by atoms with Gasteiger partial charge in [-0.25, -0.2) is 0 Å². The van der Waals surface area contributed by atoms with Gasteiger partial charge in [0.2, 0.25) is 16.9 Å². The third-order valence-electron chi connectivity index (χ3n) is 5.65. The molecule has 1 saturated heterocycles. The Morgan fingerprint density at radius 2 is 1.66 bits per heavy atom. The molecule has 1 unspecified atom stereocenters. The van der Waals surface area contributed by atoms with Crippen molar-refractivity contribution in [2.45, 2.75) is 38.1 Å². The Morgan fingerprint density at radius 1 is 1.03 bits per heavy atom. The topological polar surface area (TPSA) is 119 Å². The van der Waals surface area contributed by atoms with Crippen molar-refractivity contribution < 1.29 is 33.6 Å². The molecule has 174 valence electrons. The van der Waals surface area contributed by atoms with Crippen LogP contribution in [-0.4, -0.2) is 55.5 Å². The summed E-state index contributed by atoms with van der Waals surface area (Å²) in [5, 5.41) is 20.8. The molecule has 0 saturated carbocycles. The molecule has 1 atom stereocenters. The summed E-state index contributed by atoms with van der Waals surface area (Å²) in [6.07, 6.45) is 3.12. The van der Waals surface area contributed by atoms with E-state index in [4.69, 9.17) is 18.6 Å². The highest BCUT2D eigenvalue weighted by molar-refractivity contribution is 5.71. The van der Waals surface area contributed by atoms with E-state index in [1.165, 1.54) is 45.9 Å². The first-order valence-corrected chi connectivity index (χ1v) is 10.5. The van der Waals surface area contributed by atoms with Crippen molar-refractivity contribution >= 4 is 5.97 Å². The molecule has 2 N–H and O–H groups in total. The van der Waals surface area contributed by atoms with Gasteiger partial charge in [0, 0.05) is 6.07 Å². The van der Waals surface area contributed by atoms with Gasteiger partial charge in [0.1, 0.15) is 5.76 Å². The van der Waals surface area contributed by atoms with Crippen LogP contribution in [0.3, 0.4) is 0 Å². The van der Waals surface area contributed by atoms with Crippen LogP contribution in [0.25, 0.3) is 0 Å². The van der Waals surface area contributed by atoms with Gasteiger partial charge in [0.15, 0.2) is 17.3 Å². The number of benzene rings is 1. The van der Waals surface area contributed by atoms with Crippen LogP contribution in [0.5, 0.6) is 23.0 Å². The van der Waals surface area contributed by atoms with Crippen LogP contribution in [0.2, 0.25) is 0 Å². The first-order chi connectivity index (χ1) is 15.4. The summed E-state index contributed by atoms with van der Waals surface area (Å²) in [6, 6.07) is 4.28. The predicted octanol–water partition coefficient (Wildman–Crippen LogP) is 2.75. The number of phenolic OH excluding ortho intramolecular Hbond substituents is 1. The summed E-state index contributed by atoms with van der Waals surface area (Å²) in [5.74, 6) is -1.65. The molecule has 1 aromatic heterocycles. The SMILES string of the molecule is COC(=O)CC(c1cc(OC)c(O)c(OC)c1)c1oc(CN2CCCCC2)cc(=O)c1O. The third kappa shape index (κ3) is 5.16. The minimum absolute atomic E-state index is 0.0512. The molecule has 0 amide bonds. The van der Waals surface area contributed by atoms with Crippen LogP contribution in [0.15, 0.2) is 27.4 Å². The van der Waals surface area contributed by atoms with Gasteiger partial charge in [-0.2, -0.15) is 0 Å². The number of carbonyl (C=O) groups excluding carboxylic acids is 1. The molecule has 1 aliphatic heterocycles. The number of aromatic hydroxyl groups is 2. The minimum atomic E-state index is -0.875. The molecule has 0 aliphatic carbocycles. The summed E-state index contributed by atoms with van der Waals surface area (Å²) in [7, 11) is 4.01. The number of hydrogen-bond acceptors (Lipinski definition) is 9. The first kappa shape index (κ1) is 23.5. The number of esters is 1. The molecule has 1 aliphatic rings. The van der Waals surface area contributed by atoms with E-state index in [2.05, 4.69) is 4.90 Å². The smallest absolute Gasteiger partial charge is 0.306 e. The largest absolute Gasteiger partial charge is 0.502 e. The van der Waals surface area contributed by atoms with Gasteiger partial charge in [-0.1, -0.05) is 6.42 Å². The van der Waals surface area contributed by atoms with E-state index in [-0.39, 0.29) is 29.4 Å². The fourth-order valence-corrected chi connectivity index (χ4v) is 3.93. The van der Waals surface area contributed by atoms with Crippen molar-refractivity contribution in [3.8, 4) is 23.0 Å². The van der Waals surface area contributed by atoms with Gasteiger partial charge < -0.3 is 28.8 Å². The number of piperidine rings is 1. The molecule has 1 fully saturated rings. The lowest BCUT2D eigenvalue weighted by atomic mass is 9.91. The molecule has 9 nitrogen and oxygen atoms in total. The van der Waals surface area contributed by atoms with Gasteiger partial charge in [0.25, 0.3) is 0 Å². The number of hydrogen-bond donors (Lipinski definition) is 2. The number of carbonyl (C=O) groups is 1. The van der Waals surface area contributed by atoms with Crippen LogP contribution in [0, 0.1) is 0 Å². The zero-order valence-corrected chi connectivity index (χ0v) is 18.6. The maximum atomic E-state index is 12.6. The summed E-state index contributed by atoms with van der Waals surface area (Å²) >= 11 is 0. The second-order valence-electron chi connectivity index (χ2n) is 7.73. The van der Waals surface area contributed by atoms with E-state index >= 15 is 0 Å². The van der Waals surface area contributed by atoms with Gasteiger partial charge in [-0.15, -0.1) is 0 Å². The zero-order valence-electron chi connectivity index (χ0n) is 18.6. The second kappa shape index (κ2) is 10.4. The second-order valence-corrected chi connectivity index (χ2v) is 7.73. The van der Waals surface area contributed by atoms with Crippen molar-refractivity contribution in [1.29, 1.82) is 0 Å². The number of nitrogens with zero attached hydrogens (tertiary/aromatic N) is 1. The van der Waals surface area contributed by atoms with Crippen molar-refractivity contribution in [2.75, 3.05) is 34.4 Å². The summed E-state index contributed by atoms with van der Waals surface area (Å²) < 4.78 is 21.2. The summed E-state index contributed by atoms with van der Waals surface area (Å²) in [5.41, 5.74) is -0.152. The normalized spacial score (nSPS) is 15.2. The van der Waals surface area contributed by atoms with E-state index in [0.29, 0.717) is 17.9 Å². The number of rotatable bonds is 8. The van der Waals surface area contributed by atoms with Crippen molar-refractivity contribution in [3.63, 3.8) is 0 Å². The Labute approximate surface area is 186 Å². The fourth-order valence-electron chi connectivity index (χ4n) is 3.93. The number of methoxy groups -OCH3 is 3. The number of ether oxygens (including phenoxy) is 3. The fraction of sp³-hybridized carbons (Fsp3) is 0.478. The quantitative estimate of drug-likeness (QED) is 0.589. The molecular weight excluding hydrogens is 418 g/mol. The Kier molecular flexibility index (Phi) is 7.63. The Bertz CT molecular complexity index is 985. The van der Waals surface area contributed by atoms with Crippen molar-refractivity contribution in [1.82, 2.24) is 4.90 Å². The van der Waals surface area contributed by atoms with Gasteiger partial charge in [-0.3, -0.25) is 14.5 Å². The Balaban J connectivity index is 2.09. The van der Waals surface area contributed by atoms with Crippen LogP contribution in [0.1, 0.15) is 48.7 Å². The predicted molar refractivity (Wildman–Crippen MR) is 115 cm³/mol. The molecule has 32 heavy (non-hydrogen) atoms. The molecule has 2 aromatic rings. The van der Waals surface area contributed by atoms with Crippen LogP contribution in [-0.2, 0) is 16.1 Å². The minimum Gasteiger partial charge on any atom is -0.502 e. The van der Waals surface area contributed by atoms with Crippen LogP contribution >= 0.6 is 0 Å². The molecule has 9 heteroatoms. The maximum absolute atomic E-state index is 12.6. The maximum Gasteiger partial charge on any atom is 0.306 e. The van der Waals surface area contributed by atoms with Crippen LogP contribution < -0.4 is 14.9 Å². The molecule has 1 aromatic carbocycles. The highest BCUT2D eigenvalue weighted by Crippen LogP contribution is 2.42. The first-order valence-electron chi connectivity index (χ1n) is 10.5. The highest BCUT2D eigenvalue weighted by atomic mass is 16.5. The molecule has 0 spiro atoms. The highest BCUT2D eigenvalue weighted by Gasteiger charge is 2.29. The van der Waals surface area contributed by atoms with Gasteiger partial charge in [-0.05, 0) is 43.6 Å². The lowest BCUT2D eigenvalue weighted by Gasteiger charge is -2.26. The van der Waals surface area contributed by atoms with Crippen molar-refractivity contribution in [2.24, 2.45) is 0 Å². The molecular formula is C23H29NO8. The molecule has 0 radical (unpaired) electrons. The molecule has 0 bridgehead atoms. The monoisotopic (exact) mass is 447 g/mol. The van der Waals surface area contributed by atoms with Gasteiger partial charge >= 0.3 is 5.97 Å². The van der Waals surface area contributed by atoms with E-state index in [1.807, 2.05) is 0 Å². The zero-order chi connectivity index (χ0) is 23.3. The summed E-state index contributed by atoms with van der Waals surface area (Å²) in [4.78, 5) is 26.9. The van der Waals surface area contributed by atoms with E-state index in [1.54, 1.807) is 0 Å². The lowest BCUT2D eigenvalue weighted by molar-refractivity contribution is -0.140. The third-order valence-corrected chi connectivity index (χ3v) is 5.65. The van der Waals surface area contributed by atoms with Crippen LogP contribution in [0.4, 0.5) is 0 Å². The summed E-state index contributed by atoms with van der Waals surface area (Å²) in [6.45, 7) is 2.23. The molecule has 3 rings (SSSR count). The van der Waals surface area contributed by atoms with E-state index < -0.39 is 23.1 Å². The number of phenols is 1. The average molecular weight is 447 g/mol.